The SMILES string of the molecule is CC12CCCCC1(C(=O)OC1CCCCC1)O2. The molecule has 2 saturated carbocycles. The summed E-state index contributed by atoms with van der Waals surface area (Å²) in [7, 11) is 0. The predicted molar refractivity (Wildman–Crippen MR) is 63.7 cm³/mol. The zero-order chi connectivity index (χ0) is 11.9. The lowest BCUT2D eigenvalue weighted by atomic mass is 9.80. The van der Waals surface area contributed by atoms with Crippen molar-refractivity contribution in [2.45, 2.75) is 82.0 Å². The van der Waals surface area contributed by atoms with Crippen molar-refractivity contribution < 1.29 is 14.3 Å². The Morgan fingerprint density at radius 2 is 1.82 bits per heavy atom. The van der Waals surface area contributed by atoms with E-state index in [2.05, 4.69) is 6.92 Å². The molecule has 2 aliphatic carbocycles. The average Bonchev–Trinajstić information content (AvgIpc) is 2.98. The van der Waals surface area contributed by atoms with Crippen LogP contribution in [0.1, 0.15) is 64.7 Å². The van der Waals surface area contributed by atoms with Gasteiger partial charge in [0.2, 0.25) is 0 Å². The number of hydrogen-bond donors (Lipinski definition) is 0. The van der Waals surface area contributed by atoms with E-state index in [1.54, 1.807) is 0 Å². The smallest absolute Gasteiger partial charge is 0.341 e. The highest BCUT2D eigenvalue weighted by molar-refractivity contribution is 5.85. The number of ether oxygens (including phenoxy) is 2. The Labute approximate surface area is 103 Å². The molecule has 0 aromatic heterocycles. The van der Waals surface area contributed by atoms with Gasteiger partial charge < -0.3 is 9.47 Å². The predicted octanol–water partition coefficient (Wildman–Crippen LogP) is 2.96. The lowest BCUT2D eigenvalue weighted by molar-refractivity contribution is -0.157. The maximum atomic E-state index is 12.3. The Bertz CT molecular complexity index is 317. The van der Waals surface area contributed by atoms with Crippen LogP contribution in [0, 0.1) is 0 Å². The summed E-state index contributed by atoms with van der Waals surface area (Å²) in [6.07, 6.45) is 10.0. The first-order valence-corrected chi connectivity index (χ1v) is 7.08. The Kier molecular flexibility index (Phi) is 2.69. The molecule has 3 fully saturated rings. The van der Waals surface area contributed by atoms with Crippen molar-refractivity contribution in [1.29, 1.82) is 0 Å². The van der Waals surface area contributed by atoms with E-state index >= 15 is 0 Å². The minimum Gasteiger partial charge on any atom is -0.460 e. The molecular formula is C14H22O3. The van der Waals surface area contributed by atoms with Crippen LogP contribution in [0.3, 0.4) is 0 Å². The van der Waals surface area contributed by atoms with Crippen molar-refractivity contribution in [3.63, 3.8) is 0 Å². The summed E-state index contributed by atoms with van der Waals surface area (Å²) >= 11 is 0. The van der Waals surface area contributed by atoms with Crippen LogP contribution in [0.2, 0.25) is 0 Å². The quantitative estimate of drug-likeness (QED) is 0.548. The van der Waals surface area contributed by atoms with Crippen molar-refractivity contribution in [2.75, 3.05) is 0 Å². The Morgan fingerprint density at radius 3 is 2.53 bits per heavy atom. The first kappa shape index (κ1) is 11.5. The maximum absolute atomic E-state index is 12.3. The first-order valence-electron chi connectivity index (χ1n) is 7.08. The zero-order valence-corrected chi connectivity index (χ0v) is 10.7. The third-order valence-corrected chi connectivity index (χ3v) is 4.80. The Balaban J connectivity index is 1.62. The van der Waals surface area contributed by atoms with Gasteiger partial charge in [-0.25, -0.2) is 4.79 Å². The molecule has 0 aromatic rings. The van der Waals surface area contributed by atoms with Gasteiger partial charge in [0.25, 0.3) is 0 Å². The Hall–Kier alpha value is -0.570. The molecule has 3 aliphatic rings. The van der Waals surface area contributed by atoms with Crippen molar-refractivity contribution in [3.05, 3.63) is 0 Å². The van der Waals surface area contributed by atoms with E-state index in [9.17, 15) is 4.79 Å². The van der Waals surface area contributed by atoms with Gasteiger partial charge in [0, 0.05) is 0 Å². The number of fused-ring (bicyclic) bond motifs is 1. The first-order chi connectivity index (χ1) is 8.16. The highest BCUT2D eigenvalue weighted by Gasteiger charge is 2.73. The molecule has 0 bridgehead atoms. The van der Waals surface area contributed by atoms with Crippen LogP contribution >= 0.6 is 0 Å². The average molecular weight is 238 g/mol. The van der Waals surface area contributed by atoms with E-state index in [1.807, 2.05) is 0 Å². The molecule has 1 heterocycles. The van der Waals surface area contributed by atoms with E-state index < -0.39 is 5.60 Å². The summed E-state index contributed by atoms with van der Waals surface area (Å²) < 4.78 is 11.5. The molecule has 17 heavy (non-hydrogen) atoms. The van der Waals surface area contributed by atoms with Gasteiger partial charge in [0.1, 0.15) is 11.7 Å². The maximum Gasteiger partial charge on any atom is 0.341 e. The third kappa shape index (κ3) is 1.79. The van der Waals surface area contributed by atoms with E-state index in [0.717, 1.165) is 32.1 Å². The van der Waals surface area contributed by atoms with Gasteiger partial charge in [-0.15, -0.1) is 0 Å². The van der Waals surface area contributed by atoms with Crippen LogP contribution in [-0.4, -0.2) is 23.3 Å². The van der Waals surface area contributed by atoms with E-state index in [-0.39, 0.29) is 17.7 Å². The second-order valence-electron chi connectivity index (χ2n) is 6.03. The standard InChI is InChI=1S/C14H22O3/c1-13-9-5-6-10-14(13,17-13)12(15)16-11-7-3-2-4-8-11/h11H,2-10H2,1H3. The number of carbonyl (C=O) groups is 1. The second kappa shape index (κ2) is 3.98. The topological polar surface area (TPSA) is 38.8 Å². The largest absolute Gasteiger partial charge is 0.460 e. The van der Waals surface area contributed by atoms with Crippen molar-refractivity contribution in [2.24, 2.45) is 0 Å². The molecule has 2 atom stereocenters. The van der Waals surface area contributed by atoms with Crippen molar-refractivity contribution >= 4 is 5.97 Å². The van der Waals surface area contributed by atoms with Gasteiger partial charge in [0.05, 0.1) is 0 Å². The van der Waals surface area contributed by atoms with E-state index in [0.29, 0.717) is 0 Å². The molecule has 1 aliphatic heterocycles. The summed E-state index contributed by atoms with van der Waals surface area (Å²) in [5.41, 5.74) is -0.778. The minimum atomic E-state index is -0.567. The second-order valence-corrected chi connectivity index (χ2v) is 6.03. The van der Waals surface area contributed by atoms with Crippen LogP contribution in [0.15, 0.2) is 0 Å². The molecule has 0 spiro atoms. The number of epoxide rings is 1. The van der Waals surface area contributed by atoms with Crippen molar-refractivity contribution in [1.82, 2.24) is 0 Å². The highest BCUT2D eigenvalue weighted by atomic mass is 16.7. The molecule has 0 N–H and O–H groups in total. The number of carbonyl (C=O) groups excluding carboxylic acids is 1. The van der Waals surface area contributed by atoms with Gasteiger partial charge in [0.15, 0.2) is 5.60 Å². The molecule has 0 aromatic carbocycles. The van der Waals surface area contributed by atoms with Crippen LogP contribution < -0.4 is 0 Å². The van der Waals surface area contributed by atoms with Gasteiger partial charge in [-0.1, -0.05) is 12.8 Å². The summed E-state index contributed by atoms with van der Waals surface area (Å²) in [5.74, 6) is -0.0772. The number of esters is 1. The Morgan fingerprint density at radius 1 is 1.12 bits per heavy atom. The lowest BCUT2D eigenvalue weighted by Crippen LogP contribution is -2.39. The van der Waals surface area contributed by atoms with Gasteiger partial charge in [-0.2, -0.15) is 0 Å². The van der Waals surface area contributed by atoms with Crippen molar-refractivity contribution in [3.8, 4) is 0 Å². The summed E-state index contributed by atoms with van der Waals surface area (Å²) in [4.78, 5) is 12.3. The lowest BCUT2D eigenvalue weighted by Gasteiger charge is -2.26. The van der Waals surface area contributed by atoms with E-state index in [1.165, 1.54) is 25.7 Å². The fourth-order valence-corrected chi connectivity index (χ4v) is 3.55. The molecule has 3 heteroatoms. The normalized spacial score (nSPS) is 41.7. The molecule has 1 saturated heterocycles. The zero-order valence-electron chi connectivity index (χ0n) is 10.7. The molecule has 3 nitrogen and oxygen atoms in total. The molecule has 2 unspecified atom stereocenters. The highest BCUT2D eigenvalue weighted by Crippen LogP contribution is 2.58. The number of rotatable bonds is 2. The molecule has 0 amide bonds. The minimum absolute atomic E-state index is 0.0772. The van der Waals surface area contributed by atoms with Crippen LogP contribution in [0.5, 0.6) is 0 Å². The summed E-state index contributed by atoms with van der Waals surface area (Å²) in [6.45, 7) is 2.06. The summed E-state index contributed by atoms with van der Waals surface area (Å²) in [6, 6.07) is 0. The summed E-state index contributed by atoms with van der Waals surface area (Å²) in [5, 5.41) is 0. The fourth-order valence-electron chi connectivity index (χ4n) is 3.55. The van der Waals surface area contributed by atoms with Gasteiger partial charge in [-0.05, 0) is 51.9 Å². The molecular weight excluding hydrogens is 216 g/mol. The molecule has 3 rings (SSSR count). The van der Waals surface area contributed by atoms with Crippen LogP contribution in [0.25, 0.3) is 0 Å². The van der Waals surface area contributed by atoms with Gasteiger partial charge in [-0.3, -0.25) is 0 Å². The molecule has 0 radical (unpaired) electrons. The molecule has 96 valence electrons. The number of hydrogen-bond acceptors (Lipinski definition) is 3. The van der Waals surface area contributed by atoms with Crippen LogP contribution in [-0.2, 0) is 14.3 Å². The monoisotopic (exact) mass is 238 g/mol. The van der Waals surface area contributed by atoms with Gasteiger partial charge >= 0.3 is 5.97 Å². The third-order valence-electron chi connectivity index (χ3n) is 4.80. The van der Waals surface area contributed by atoms with Crippen LogP contribution in [0.4, 0.5) is 0 Å². The fraction of sp³-hybridized carbons (Fsp3) is 0.929. The van der Waals surface area contributed by atoms with E-state index in [4.69, 9.17) is 9.47 Å².